The maximum absolute atomic E-state index is 11.1. The molecule has 158 valence electrons. The van der Waals surface area contributed by atoms with Crippen LogP contribution in [-0.4, -0.2) is 38.9 Å². The molecule has 0 fully saturated rings. The number of Topliss-reactive ketones (excluding diaryl/α,β-unsaturated/α-hetero) is 1. The van der Waals surface area contributed by atoms with Gasteiger partial charge in [0.05, 0.1) is 11.8 Å². The number of rotatable bonds is 10. The monoisotopic (exact) mass is 424 g/mol. The highest BCUT2D eigenvalue weighted by Crippen LogP contribution is 2.24. The van der Waals surface area contributed by atoms with Crippen molar-refractivity contribution in [1.29, 1.82) is 0 Å². The number of ketones is 1. The first-order valence-electron chi connectivity index (χ1n) is 10.1. The van der Waals surface area contributed by atoms with E-state index in [1.807, 2.05) is 35.0 Å². The van der Waals surface area contributed by atoms with Gasteiger partial charge in [0.25, 0.3) is 0 Å². The molecular weight excluding hydrogens is 396 g/mol. The molecule has 0 aliphatic rings. The summed E-state index contributed by atoms with van der Waals surface area (Å²) in [4.78, 5) is 15.5. The van der Waals surface area contributed by atoms with Gasteiger partial charge in [0.2, 0.25) is 0 Å². The van der Waals surface area contributed by atoms with Gasteiger partial charge in [-0.1, -0.05) is 41.6 Å². The minimum atomic E-state index is -0.614. The summed E-state index contributed by atoms with van der Waals surface area (Å²) < 4.78 is 7.76. The van der Waals surface area contributed by atoms with Crippen molar-refractivity contribution >= 4 is 17.5 Å². The molecule has 3 aromatic rings. The Hall–Kier alpha value is -2.57. The zero-order valence-electron chi connectivity index (χ0n) is 17.7. The van der Waals surface area contributed by atoms with Gasteiger partial charge in [-0.15, -0.1) is 0 Å². The van der Waals surface area contributed by atoms with Crippen molar-refractivity contribution in [3.05, 3.63) is 71.5 Å². The number of aromatic nitrogens is 2. The standard InChI is InChI=1S/C24H28N2O3S/c1-17-4-11-23(18(2)14-17)26-13-12-25-24(26)30-16-21(28)15-29-22-9-7-20(8-10-22)6-5-19(3)27/h4,7-14,21,28H,5-6,15-16H2,1-3H3. The number of hydrogen-bond acceptors (Lipinski definition) is 5. The minimum absolute atomic E-state index is 0.189. The van der Waals surface area contributed by atoms with Crippen LogP contribution >= 0.6 is 11.8 Å². The highest BCUT2D eigenvalue weighted by molar-refractivity contribution is 7.99. The molecule has 0 aliphatic carbocycles. The van der Waals surface area contributed by atoms with Gasteiger partial charge < -0.3 is 14.6 Å². The van der Waals surface area contributed by atoms with E-state index in [-0.39, 0.29) is 12.4 Å². The smallest absolute Gasteiger partial charge is 0.172 e. The summed E-state index contributed by atoms with van der Waals surface area (Å²) in [6, 6.07) is 14.0. The number of imidazole rings is 1. The van der Waals surface area contributed by atoms with Crippen LogP contribution in [0.25, 0.3) is 5.69 Å². The summed E-state index contributed by atoms with van der Waals surface area (Å²) in [5.74, 6) is 1.38. The summed E-state index contributed by atoms with van der Waals surface area (Å²) in [5.41, 5.74) is 4.61. The van der Waals surface area contributed by atoms with Crippen LogP contribution in [0.3, 0.4) is 0 Å². The van der Waals surface area contributed by atoms with Crippen LogP contribution in [0.5, 0.6) is 5.75 Å². The Morgan fingerprint density at radius 1 is 1.20 bits per heavy atom. The molecule has 0 bridgehead atoms. The summed E-state index contributed by atoms with van der Waals surface area (Å²) in [5, 5.41) is 11.2. The van der Waals surface area contributed by atoms with Gasteiger partial charge in [0.15, 0.2) is 5.16 Å². The van der Waals surface area contributed by atoms with Crippen LogP contribution in [0.4, 0.5) is 0 Å². The Labute approximate surface area is 182 Å². The van der Waals surface area contributed by atoms with Crippen LogP contribution in [0.1, 0.15) is 30.0 Å². The Kier molecular flexibility index (Phi) is 7.71. The Balaban J connectivity index is 1.50. The molecule has 0 saturated heterocycles. The predicted molar refractivity (Wildman–Crippen MR) is 121 cm³/mol. The zero-order valence-corrected chi connectivity index (χ0v) is 18.5. The van der Waals surface area contributed by atoms with E-state index in [0.29, 0.717) is 17.9 Å². The highest BCUT2D eigenvalue weighted by atomic mass is 32.2. The fourth-order valence-electron chi connectivity index (χ4n) is 3.14. The molecule has 2 aromatic carbocycles. The van der Waals surface area contributed by atoms with Gasteiger partial charge in [-0.2, -0.15) is 0 Å². The first-order chi connectivity index (χ1) is 14.4. The summed E-state index contributed by atoms with van der Waals surface area (Å²) >= 11 is 1.51. The lowest BCUT2D eigenvalue weighted by molar-refractivity contribution is -0.116. The van der Waals surface area contributed by atoms with Crippen molar-refractivity contribution in [2.24, 2.45) is 0 Å². The van der Waals surface area contributed by atoms with Gasteiger partial charge in [-0.25, -0.2) is 4.98 Å². The zero-order chi connectivity index (χ0) is 21.5. The van der Waals surface area contributed by atoms with Crippen LogP contribution in [-0.2, 0) is 11.2 Å². The van der Waals surface area contributed by atoms with E-state index in [4.69, 9.17) is 4.74 Å². The van der Waals surface area contributed by atoms with Crippen molar-refractivity contribution in [1.82, 2.24) is 9.55 Å². The number of thioether (sulfide) groups is 1. The average molecular weight is 425 g/mol. The molecule has 1 aromatic heterocycles. The molecule has 0 aliphatic heterocycles. The molecule has 0 spiro atoms. The molecule has 30 heavy (non-hydrogen) atoms. The van der Waals surface area contributed by atoms with E-state index in [1.165, 1.54) is 22.9 Å². The first kappa shape index (κ1) is 22.1. The average Bonchev–Trinajstić information content (AvgIpc) is 3.18. The van der Waals surface area contributed by atoms with E-state index in [2.05, 4.69) is 37.0 Å². The number of carbonyl (C=O) groups is 1. The maximum Gasteiger partial charge on any atom is 0.172 e. The second-order valence-corrected chi connectivity index (χ2v) is 8.48. The molecule has 6 heteroatoms. The van der Waals surface area contributed by atoms with E-state index in [0.717, 1.165) is 22.8 Å². The topological polar surface area (TPSA) is 64.3 Å². The van der Waals surface area contributed by atoms with Crippen LogP contribution in [0.2, 0.25) is 0 Å². The second kappa shape index (κ2) is 10.5. The maximum atomic E-state index is 11.1. The fourth-order valence-corrected chi connectivity index (χ4v) is 4.01. The number of nitrogens with zero attached hydrogens (tertiary/aromatic N) is 2. The van der Waals surface area contributed by atoms with Gasteiger partial charge in [0, 0.05) is 24.6 Å². The molecule has 0 amide bonds. The molecule has 0 radical (unpaired) electrons. The molecule has 1 N–H and O–H groups in total. The van der Waals surface area contributed by atoms with Gasteiger partial charge in [0.1, 0.15) is 18.1 Å². The number of benzene rings is 2. The number of aliphatic hydroxyl groups is 1. The van der Waals surface area contributed by atoms with E-state index in [9.17, 15) is 9.90 Å². The lowest BCUT2D eigenvalue weighted by atomic mass is 10.1. The summed E-state index contributed by atoms with van der Waals surface area (Å²) in [7, 11) is 0. The van der Waals surface area contributed by atoms with Crippen LogP contribution < -0.4 is 4.74 Å². The Bertz CT molecular complexity index is 982. The van der Waals surface area contributed by atoms with Crippen LogP contribution in [0.15, 0.2) is 60.0 Å². The predicted octanol–water partition coefficient (Wildman–Crippen LogP) is 4.54. The summed E-state index contributed by atoms with van der Waals surface area (Å²) in [6.45, 7) is 5.98. The largest absolute Gasteiger partial charge is 0.491 e. The second-order valence-electron chi connectivity index (χ2n) is 7.49. The number of aryl methyl sites for hydroxylation is 3. The Morgan fingerprint density at radius 3 is 2.67 bits per heavy atom. The number of aliphatic hydroxyl groups excluding tert-OH is 1. The molecule has 1 unspecified atom stereocenters. The number of carbonyl (C=O) groups excluding carboxylic acids is 1. The van der Waals surface area contributed by atoms with Gasteiger partial charge >= 0.3 is 0 Å². The van der Waals surface area contributed by atoms with Crippen molar-refractivity contribution in [3.8, 4) is 11.4 Å². The SMILES string of the molecule is CC(=O)CCc1ccc(OCC(O)CSc2nccn2-c2ccc(C)cc2C)cc1. The highest BCUT2D eigenvalue weighted by Gasteiger charge is 2.12. The molecule has 1 atom stereocenters. The van der Waals surface area contributed by atoms with Crippen molar-refractivity contribution < 1.29 is 14.6 Å². The fraction of sp³-hybridized carbons (Fsp3) is 0.333. The summed E-state index contributed by atoms with van der Waals surface area (Å²) in [6.07, 6.45) is 4.39. The molecule has 0 saturated carbocycles. The van der Waals surface area contributed by atoms with Crippen molar-refractivity contribution in [3.63, 3.8) is 0 Å². The lowest BCUT2D eigenvalue weighted by Gasteiger charge is -2.14. The van der Waals surface area contributed by atoms with Crippen molar-refractivity contribution in [2.75, 3.05) is 12.4 Å². The third kappa shape index (κ3) is 6.21. The molecule has 1 heterocycles. The molecule has 3 rings (SSSR count). The third-order valence-electron chi connectivity index (χ3n) is 4.75. The van der Waals surface area contributed by atoms with Gasteiger partial charge in [-0.3, -0.25) is 4.57 Å². The molecular formula is C24H28N2O3S. The minimum Gasteiger partial charge on any atom is -0.491 e. The third-order valence-corrected chi connectivity index (χ3v) is 5.87. The number of hydrogen-bond donors (Lipinski definition) is 1. The Morgan fingerprint density at radius 2 is 1.97 bits per heavy atom. The number of ether oxygens (including phenoxy) is 1. The first-order valence-corrected chi connectivity index (χ1v) is 11.0. The quantitative estimate of drug-likeness (QED) is 0.484. The van der Waals surface area contributed by atoms with Crippen LogP contribution in [0, 0.1) is 13.8 Å². The molecule has 5 nitrogen and oxygen atoms in total. The van der Waals surface area contributed by atoms with Gasteiger partial charge in [-0.05, 0) is 56.5 Å². The normalized spacial score (nSPS) is 12.0. The van der Waals surface area contributed by atoms with E-state index in [1.54, 1.807) is 13.1 Å². The lowest BCUT2D eigenvalue weighted by Crippen LogP contribution is -2.20. The van der Waals surface area contributed by atoms with E-state index < -0.39 is 6.10 Å². The van der Waals surface area contributed by atoms with E-state index >= 15 is 0 Å². The van der Waals surface area contributed by atoms with Crippen molar-refractivity contribution in [2.45, 2.75) is 44.9 Å².